The van der Waals surface area contributed by atoms with E-state index in [-0.39, 0.29) is 42.2 Å². The Morgan fingerprint density at radius 1 is 1.02 bits per heavy atom. The Hall–Kier alpha value is -4.56. The second-order valence-electron chi connectivity index (χ2n) is 13.4. The molecule has 0 unspecified atom stereocenters. The normalized spacial score (nSPS) is 19.7. The molecular weight excluding hydrogens is 688 g/mol. The number of anilines is 2. The number of benzene rings is 4. The Bertz CT molecular complexity index is 1950. The van der Waals surface area contributed by atoms with Crippen LogP contribution in [0.15, 0.2) is 89.8 Å². The van der Waals surface area contributed by atoms with E-state index >= 15 is 0 Å². The third-order valence-corrected chi connectivity index (χ3v) is 11.1. The molecule has 52 heavy (non-hydrogen) atoms. The van der Waals surface area contributed by atoms with Crippen LogP contribution in [0.1, 0.15) is 50.4 Å². The molecule has 0 fully saturated rings. The summed E-state index contributed by atoms with van der Waals surface area (Å²) in [5, 5.41) is 17.9. The highest BCUT2D eigenvalue weighted by molar-refractivity contribution is 7.89. The molecule has 0 aliphatic carbocycles. The van der Waals surface area contributed by atoms with Crippen molar-refractivity contribution in [2.24, 2.45) is 5.92 Å². The molecule has 4 aromatic rings. The van der Waals surface area contributed by atoms with Crippen LogP contribution in [-0.4, -0.2) is 86.3 Å². The second-order valence-corrected chi connectivity index (χ2v) is 15.4. The monoisotopic (exact) mass is 734 g/mol. The molecule has 0 radical (unpaired) electrons. The van der Waals surface area contributed by atoms with Crippen LogP contribution in [0.4, 0.5) is 20.6 Å². The standard InChI is InChI=1S/C39H47FN4O7S/c1-26-23-44(27(2)25-45)38(46)34-22-31(41-39(47)42-35-14-9-12-29-11-5-6-13-33(29)35)17-20-36(34)51-28(3)10-7-8-21-50-37(26)24-43(4)52(48,49)32-18-15-30(40)16-19-32/h5-6,9,11-20,22,26-28,37,45H,7-8,10,21,23-25H2,1-4H3,(H2,41,42,47)/t26-,27-,28-,37+/m0/s1. The number of urea groups is 1. The van der Waals surface area contributed by atoms with Crippen molar-refractivity contribution in [3.05, 3.63) is 96.3 Å². The molecule has 13 heteroatoms. The molecule has 278 valence electrons. The van der Waals surface area contributed by atoms with Crippen LogP contribution in [0.3, 0.4) is 0 Å². The van der Waals surface area contributed by atoms with E-state index in [0.29, 0.717) is 36.6 Å². The zero-order valence-corrected chi connectivity index (χ0v) is 30.7. The van der Waals surface area contributed by atoms with Crippen LogP contribution < -0.4 is 15.4 Å². The van der Waals surface area contributed by atoms with Gasteiger partial charge < -0.3 is 30.1 Å². The summed E-state index contributed by atoms with van der Waals surface area (Å²) in [6.07, 6.45) is 1.25. The highest BCUT2D eigenvalue weighted by Crippen LogP contribution is 2.30. The maximum Gasteiger partial charge on any atom is 0.323 e. The Morgan fingerprint density at radius 3 is 2.50 bits per heavy atom. The van der Waals surface area contributed by atoms with Crippen molar-refractivity contribution in [2.75, 3.05) is 44.0 Å². The highest BCUT2D eigenvalue weighted by Gasteiger charge is 2.32. The third-order valence-electron chi connectivity index (χ3n) is 9.31. The third kappa shape index (κ3) is 9.45. The highest BCUT2D eigenvalue weighted by atomic mass is 32.2. The van der Waals surface area contributed by atoms with Crippen molar-refractivity contribution in [1.29, 1.82) is 0 Å². The number of amides is 3. The van der Waals surface area contributed by atoms with Gasteiger partial charge in [-0.1, -0.05) is 43.3 Å². The fourth-order valence-electron chi connectivity index (χ4n) is 6.22. The van der Waals surface area contributed by atoms with Gasteiger partial charge >= 0.3 is 6.03 Å². The number of carbonyl (C=O) groups is 2. The summed E-state index contributed by atoms with van der Waals surface area (Å²) in [5.74, 6) is -1.02. The molecule has 0 aromatic heterocycles. The first-order chi connectivity index (χ1) is 24.9. The van der Waals surface area contributed by atoms with Gasteiger partial charge in [-0.25, -0.2) is 17.6 Å². The van der Waals surface area contributed by atoms with E-state index < -0.39 is 39.9 Å². The molecule has 11 nitrogen and oxygen atoms in total. The molecule has 4 atom stereocenters. The van der Waals surface area contributed by atoms with E-state index in [0.717, 1.165) is 29.3 Å². The summed E-state index contributed by atoms with van der Waals surface area (Å²) < 4.78 is 54.1. The Morgan fingerprint density at radius 2 is 1.75 bits per heavy atom. The molecule has 0 saturated heterocycles. The van der Waals surface area contributed by atoms with E-state index in [9.17, 15) is 27.5 Å². The summed E-state index contributed by atoms with van der Waals surface area (Å²) in [6.45, 7) is 5.63. The number of aliphatic hydroxyl groups excluding tert-OH is 1. The maximum absolute atomic E-state index is 14.5. The van der Waals surface area contributed by atoms with Crippen molar-refractivity contribution in [1.82, 2.24) is 9.21 Å². The van der Waals surface area contributed by atoms with Crippen LogP contribution in [0, 0.1) is 11.7 Å². The molecule has 1 aliphatic heterocycles. The number of sulfonamides is 1. The van der Waals surface area contributed by atoms with Gasteiger partial charge in [-0.2, -0.15) is 4.31 Å². The van der Waals surface area contributed by atoms with Crippen LogP contribution in [0.5, 0.6) is 5.75 Å². The average Bonchev–Trinajstić information content (AvgIpc) is 3.13. The molecule has 0 bridgehead atoms. The van der Waals surface area contributed by atoms with Gasteiger partial charge in [0.15, 0.2) is 0 Å². The maximum atomic E-state index is 14.5. The van der Waals surface area contributed by atoms with Crippen molar-refractivity contribution < 1.29 is 37.0 Å². The lowest BCUT2D eigenvalue weighted by molar-refractivity contribution is -0.00834. The number of nitrogens with one attached hydrogen (secondary N) is 2. The summed E-state index contributed by atoms with van der Waals surface area (Å²) in [4.78, 5) is 29.1. The van der Waals surface area contributed by atoms with Crippen LogP contribution in [0.2, 0.25) is 0 Å². The number of aliphatic hydroxyl groups is 1. The smallest absolute Gasteiger partial charge is 0.323 e. The Kier molecular flexibility index (Phi) is 12.9. The van der Waals surface area contributed by atoms with Crippen molar-refractivity contribution >= 4 is 44.1 Å². The van der Waals surface area contributed by atoms with E-state index in [1.807, 2.05) is 56.3 Å². The lowest BCUT2D eigenvalue weighted by atomic mass is 10.0. The minimum atomic E-state index is -3.97. The SMILES string of the molecule is C[C@H]1CCCCO[C@H](CN(C)S(=O)(=O)c2ccc(F)cc2)[C@@H](C)CN([C@@H](C)CO)C(=O)c2cc(NC(=O)Nc3cccc4ccccc34)ccc2O1. The quantitative estimate of drug-likeness (QED) is 0.182. The molecule has 5 rings (SSSR count). The molecule has 3 amide bonds. The number of halogens is 1. The number of carbonyl (C=O) groups excluding carboxylic acids is 2. The number of nitrogens with zero attached hydrogens (tertiary/aromatic N) is 2. The molecule has 1 aliphatic rings. The summed E-state index contributed by atoms with van der Waals surface area (Å²) in [7, 11) is -2.52. The number of rotatable bonds is 8. The number of hydrogen-bond acceptors (Lipinski definition) is 7. The van der Waals surface area contributed by atoms with Crippen LogP contribution in [-0.2, 0) is 14.8 Å². The number of fused-ring (bicyclic) bond motifs is 2. The number of likely N-dealkylation sites (N-methyl/N-ethyl adjacent to an activating group) is 1. The fraction of sp³-hybridized carbons (Fsp3) is 0.385. The predicted molar refractivity (Wildman–Crippen MR) is 200 cm³/mol. The topological polar surface area (TPSA) is 138 Å². The second kappa shape index (κ2) is 17.3. The van der Waals surface area contributed by atoms with Crippen molar-refractivity contribution in [3.8, 4) is 5.75 Å². The van der Waals surface area contributed by atoms with Crippen LogP contribution >= 0.6 is 0 Å². The molecule has 1 heterocycles. The Labute approximate surface area is 304 Å². The minimum absolute atomic E-state index is 0.0214. The van der Waals surface area contributed by atoms with Crippen molar-refractivity contribution in [2.45, 2.75) is 63.2 Å². The minimum Gasteiger partial charge on any atom is -0.490 e. The van der Waals surface area contributed by atoms with Gasteiger partial charge in [-0.15, -0.1) is 0 Å². The molecule has 0 saturated carbocycles. The zero-order valence-electron chi connectivity index (χ0n) is 29.9. The van der Waals surface area contributed by atoms with E-state index in [4.69, 9.17) is 9.47 Å². The molecular formula is C39H47FN4O7S. The Balaban J connectivity index is 1.41. The zero-order chi connectivity index (χ0) is 37.4. The summed E-state index contributed by atoms with van der Waals surface area (Å²) >= 11 is 0. The summed E-state index contributed by atoms with van der Waals surface area (Å²) in [6, 6.07) is 21.8. The lowest BCUT2D eigenvalue weighted by Gasteiger charge is -2.35. The number of hydrogen-bond donors (Lipinski definition) is 3. The van der Waals surface area contributed by atoms with E-state index in [2.05, 4.69) is 10.6 Å². The van der Waals surface area contributed by atoms with E-state index in [1.165, 1.54) is 28.4 Å². The van der Waals surface area contributed by atoms with Gasteiger partial charge in [-0.3, -0.25) is 4.79 Å². The number of ether oxygens (including phenoxy) is 2. The van der Waals surface area contributed by atoms with Gasteiger partial charge in [0.05, 0.1) is 41.0 Å². The van der Waals surface area contributed by atoms with Gasteiger partial charge in [0.1, 0.15) is 11.6 Å². The van der Waals surface area contributed by atoms with Gasteiger partial charge in [0, 0.05) is 43.7 Å². The predicted octanol–water partition coefficient (Wildman–Crippen LogP) is 6.74. The van der Waals surface area contributed by atoms with E-state index in [1.54, 1.807) is 25.1 Å². The lowest BCUT2D eigenvalue weighted by Crippen LogP contribution is -2.48. The van der Waals surface area contributed by atoms with Crippen LogP contribution in [0.25, 0.3) is 10.8 Å². The fourth-order valence-corrected chi connectivity index (χ4v) is 7.40. The van der Waals surface area contributed by atoms with Gasteiger partial charge in [0.2, 0.25) is 10.0 Å². The molecule has 3 N–H and O–H groups in total. The largest absolute Gasteiger partial charge is 0.490 e. The van der Waals surface area contributed by atoms with Crippen molar-refractivity contribution in [3.63, 3.8) is 0 Å². The van der Waals surface area contributed by atoms with Gasteiger partial charge in [0.25, 0.3) is 5.91 Å². The van der Waals surface area contributed by atoms with Gasteiger partial charge in [-0.05, 0) is 87.0 Å². The first kappa shape index (κ1) is 38.7. The average molecular weight is 735 g/mol. The summed E-state index contributed by atoms with van der Waals surface area (Å²) in [5.41, 5.74) is 1.19. The first-order valence-corrected chi connectivity index (χ1v) is 18.9. The molecule has 4 aromatic carbocycles. The first-order valence-electron chi connectivity index (χ1n) is 17.5. The molecule has 0 spiro atoms.